The molecule has 0 radical (unpaired) electrons. The molecule has 1 aliphatic carbocycles. The average molecular weight is 373 g/mol. The van der Waals surface area contributed by atoms with Crippen LogP contribution in [0.25, 0.3) is 0 Å². The van der Waals surface area contributed by atoms with E-state index in [2.05, 4.69) is 5.32 Å². The molecule has 2 saturated heterocycles. The summed E-state index contributed by atoms with van der Waals surface area (Å²) in [5.74, 6) is -0.315. The summed E-state index contributed by atoms with van der Waals surface area (Å²) in [4.78, 5) is 44.3. The van der Waals surface area contributed by atoms with Crippen LogP contribution in [0.1, 0.15) is 24.4 Å². The number of carbonyl (C=O) groups excluding carboxylic acids is 3. The Morgan fingerprint density at radius 1 is 1.30 bits per heavy atom. The van der Waals surface area contributed by atoms with E-state index in [0.717, 1.165) is 23.3 Å². The molecule has 4 rings (SSSR count). The van der Waals surface area contributed by atoms with Gasteiger partial charge in [0, 0.05) is 13.6 Å². The zero-order valence-corrected chi connectivity index (χ0v) is 15.4. The van der Waals surface area contributed by atoms with Gasteiger partial charge in [-0.3, -0.25) is 24.1 Å². The largest absolute Gasteiger partial charge is 0.497 e. The Bertz CT molecular complexity index is 778. The van der Waals surface area contributed by atoms with Gasteiger partial charge in [-0.05, 0) is 36.5 Å². The van der Waals surface area contributed by atoms with Crippen molar-refractivity contribution < 1.29 is 24.0 Å². The molecule has 144 valence electrons. The van der Waals surface area contributed by atoms with Crippen molar-refractivity contribution >= 4 is 17.7 Å². The number of hydrogen-bond donors (Lipinski definition) is 1. The number of ether oxygens (including phenoxy) is 1. The number of hydroxylamine groups is 2. The second-order valence-electron chi connectivity index (χ2n) is 7.33. The normalized spacial score (nSPS) is 27.8. The molecule has 0 spiro atoms. The van der Waals surface area contributed by atoms with E-state index >= 15 is 0 Å². The fourth-order valence-corrected chi connectivity index (χ4v) is 3.72. The number of hydrogen-bond acceptors (Lipinski definition) is 6. The zero-order valence-electron chi connectivity index (χ0n) is 15.4. The standard InChI is InChI=1S/C19H23N3O5/c1-21-18(24)15-16(12-4-3-5-13(8-12)26-2)22(27-17(15)19(21)25)10-14(23)20-9-11-6-7-11/h3-5,8,11,15-17H,6-7,9-10H2,1-2H3,(H,20,23). The van der Waals surface area contributed by atoms with Gasteiger partial charge in [-0.1, -0.05) is 12.1 Å². The highest BCUT2D eigenvalue weighted by atomic mass is 16.7. The Morgan fingerprint density at radius 3 is 2.78 bits per heavy atom. The number of imide groups is 1. The second-order valence-corrected chi connectivity index (χ2v) is 7.33. The number of likely N-dealkylation sites (tertiary alicyclic amines) is 1. The van der Waals surface area contributed by atoms with Crippen molar-refractivity contribution in [1.29, 1.82) is 0 Å². The van der Waals surface area contributed by atoms with Gasteiger partial charge in [0.15, 0.2) is 6.10 Å². The van der Waals surface area contributed by atoms with E-state index in [1.807, 2.05) is 18.2 Å². The lowest BCUT2D eigenvalue weighted by atomic mass is 9.90. The number of rotatable bonds is 6. The molecule has 3 fully saturated rings. The van der Waals surface area contributed by atoms with Crippen molar-refractivity contribution in [2.24, 2.45) is 11.8 Å². The second kappa shape index (κ2) is 6.94. The molecule has 8 nitrogen and oxygen atoms in total. The van der Waals surface area contributed by atoms with Gasteiger partial charge >= 0.3 is 0 Å². The highest BCUT2D eigenvalue weighted by molar-refractivity contribution is 6.07. The van der Waals surface area contributed by atoms with Gasteiger partial charge in [0.1, 0.15) is 12.3 Å². The maximum absolute atomic E-state index is 12.7. The van der Waals surface area contributed by atoms with Crippen LogP contribution in [0.2, 0.25) is 0 Å². The van der Waals surface area contributed by atoms with Crippen LogP contribution in [0.15, 0.2) is 24.3 Å². The summed E-state index contributed by atoms with van der Waals surface area (Å²) in [7, 11) is 3.02. The van der Waals surface area contributed by atoms with Crippen LogP contribution in [0.3, 0.4) is 0 Å². The van der Waals surface area contributed by atoms with Crippen LogP contribution < -0.4 is 10.1 Å². The van der Waals surface area contributed by atoms with Crippen molar-refractivity contribution in [2.45, 2.75) is 25.0 Å². The van der Waals surface area contributed by atoms with Crippen LogP contribution in [0.5, 0.6) is 5.75 Å². The predicted molar refractivity (Wildman–Crippen MR) is 94.3 cm³/mol. The zero-order chi connectivity index (χ0) is 19.1. The van der Waals surface area contributed by atoms with E-state index < -0.39 is 18.1 Å². The lowest BCUT2D eigenvalue weighted by molar-refractivity contribution is -0.181. The minimum Gasteiger partial charge on any atom is -0.497 e. The summed E-state index contributed by atoms with van der Waals surface area (Å²) >= 11 is 0. The number of likely N-dealkylation sites (N-methyl/N-ethyl adjacent to an activating group) is 1. The minimum absolute atomic E-state index is 0.0358. The lowest BCUT2D eigenvalue weighted by Gasteiger charge is -2.26. The van der Waals surface area contributed by atoms with Gasteiger partial charge in [-0.15, -0.1) is 0 Å². The molecular formula is C19H23N3O5. The molecule has 3 atom stereocenters. The number of nitrogens with zero attached hydrogens (tertiary/aromatic N) is 2. The number of methoxy groups -OCH3 is 1. The van der Waals surface area contributed by atoms with Crippen LogP contribution in [-0.2, 0) is 19.2 Å². The van der Waals surface area contributed by atoms with Crippen LogP contribution in [0, 0.1) is 11.8 Å². The molecule has 1 aromatic rings. The summed E-state index contributed by atoms with van der Waals surface area (Å²) < 4.78 is 5.28. The molecule has 2 aliphatic heterocycles. The van der Waals surface area contributed by atoms with Crippen molar-refractivity contribution in [1.82, 2.24) is 15.3 Å². The van der Waals surface area contributed by atoms with E-state index in [-0.39, 0.29) is 24.3 Å². The first-order chi connectivity index (χ1) is 13.0. The van der Waals surface area contributed by atoms with E-state index in [0.29, 0.717) is 18.2 Å². The predicted octanol–water partition coefficient (Wildman–Crippen LogP) is 0.493. The van der Waals surface area contributed by atoms with Crippen LogP contribution in [-0.4, -0.2) is 61.0 Å². The van der Waals surface area contributed by atoms with Gasteiger partial charge in [-0.2, -0.15) is 5.06 Å². The van der Waals surface area contributed by atoms with Crippen molar-refractivity contribution in [3.05, 3.63) is 29.8 Å². The number of carbonyl (C=O) groups is 3. The van der Waals surface area contributed by atoms with Crippen molar-refractivity contribution in [2.75, 3.05) is 27.2 Å². The molecule has 3 unspecified atom stereocenters. The molecular weight excluding hydrogens is 350 g/mol. The van der Waals surface area contributed by atoms with Gasteiger partial charge in [0.2, 0.25) is 11.8 Å². The monoisotopic (exact) mass is 373 g/mol. The third-order valence-electron chi connectivity index (χ3n) is 5.43. The quantitative estimate of drug-likeness (QED) is 0.731. The fourth-order valence-electron chi connectivity index (χ4n) is 3.72. The summed E-state index contributed by atoms with van der Waals surface area (Å²) in [6.07, 6.45) is 1.40. The summed E-state index contributed by atoms with van der Waals surface area (Å²) in [6.45, 7) is 0.621. The molecule has 0 aromatic heterocycles. The van der Waals surface area contributed by atoms with E-state index in [4.69, 9.17) is 9.57 Å². The minimum atomic E-state index is -0.894. The van der Waals surface area contributed by atoms with Gasteiger partial charge in [-0.25, -0.2) is 0 Å². The summed E-state index contributed by atoms with van der Waals surface area (Å²) in [6, 6.07) is 6.75. The number of amides is 3. The first-order valence-electron chi connectivity index (χ1n) is 9.15. The Morgan fingerprint density at radius 2 is 2.07 bits per heavy atom. The Hall–Kier alpha value is -2.45. The first-order valence-corrected chi connectivity index (χ1v) is 9.15. The van der Waals surface area contributed by atoms with Crippen molar-refractivity contribution in [3.8, 4) is 5.75 Å². The molecule has 3 amide bonds. The average Bonchev–Trinajstić information content (AvgIpc) is 3.40. The summed E-state index contributed by atoms with van der Waals surface area (Å²) in [5.41, 5.74) is 0.772. The van der Waals surface area contributed by atoms with E-state index in [1.54, 1.807) is 13.2 Å². The van der Waals surface area contributed by atoms with Gasteiger partial charge in [0.05, 0.1) is 19.1 Å². The number of benzene rings is 1. The third kappa shape index (κ3) is 3.30. The fraction of sp³-hybridized carbons (Fsp3) is 0.526. The number of nitrogens with one attached hydrogen (secondary N) is 1. The Balaban J connectivity index is 1.59. The molecule has 1 N–H and O–H groups in total. The SMILES string of the molecule is COc1cccc(C2C3C(=O)N(C)C(=O)C3ON2CC(=O)NCC2CC2)c1. The molecule has 1 saturated carbocycles. The van der Waals surface area contributed by atoms with Crippen LogP contribution >= 0.6 is 0 Å². The van der Waals surface area contributed by atoms with Gasteiger partial charge < -0.3 is 10.1 Å². The highest BCUT2D eigenvalue weighted by Crippen LogP contribution is 2.44. The number of fused-ring (bicyclic) bond motifs is 1. The van der Waals surface area contributed by atoms with E-state index in [1.165, 1.54) is 12.1 Å². The third-order valence-corrected chi connectivity index (χ3v) is 5.43. The topological polar surface area (TPSA) is 88.2 Å². The highest BCUT2D eigenvalue weighted by Gasteiger charge is 2.58. The molecule has 8 heteroatoms. The molecule has 1 aromatic carbocycles. The van der Waals surface area contributed by atoms with Gasteiger partial charge in [0.25, 0.3) is 5.91 Å². The molecule has 0 bridgehead atoms. The Kier molecular flexibility index (Phi) is 4.61. The maximum atomic E-state index is 12.7. The molecule has 3 aliphatic rings. The lowest BCUT2D eigenvalue weighted by Crippen LogP contribution is -2.40. The maximum Gasteiger partial charge on any atom is 0.261 e. The molecule has 27 heavy (non-hydrogen) atoms. The molecule has 2 heterocycles. The summed E-state index contributed by atoms with van der Waals surface area (Å²) in [5, 5.41) is 4.36. The van der Waals surface area contributed by atoms with Crippen molar-refractivity contribution in [3.63, 3.8) is 0 Å². The smallest absolute Gasteiger partial charge is 0.261 e. The van der Waals surface area contributed by atoms with E-state index in [9.17, 15) is 14.4 Å². The first kappa shape index (κ1) is 17.9. The van der Waals surface area contributed by atoms with Crippen LogP contribution in [0.4, 0.5) is 0 Å². The Labute approximate surface area is 157 Å².